The SMILES string of the molecule is Cn1cc(Oc2ccc(F)cc2CNC(C)(C)C)cn1. The Morgan fingerprint density at radius 2 is 2.10 bits per heavy atom. The van der Waals surface area contributed by atoms with Crippen LogP contribution in [0.2, 0.25) is 0 Å². The van der Waals surface area contributed by atoms with Crippen LogP contribution in [0, 0.1) is 5.82 Å². The summed E-state index contributed by atoms with van der Waals surface area (Å²) in [5.41, 5.74) is 0.738. The highest BCUT2D eigenvalue weighted by Crippen LogP contribution is 2.26. The van der Waals surface area contributed by atoms with E-state index >= 15 is 0 Å². The summed E-state index contributed by atoms with van der Waals surface area (Å²) in [5.74, 6) is 1.00. The molecule has 2 aromatic rings. The zero-order valence-electron chi connectivity index (χ0n) is 12.3. The van der Waals surface area contributed by atoms with Crippen LogP contribution >= 0.6 is 0 Å². The number of hydrogen-bond donors (Lipinski definition) is 1. The Kier molecular flexibility index (Phi) is 4.09. The fraction of sp³-hybridized carbons (Fsp3) is 0.400. The average Bonchev–Trinajstić information content (AvgIpc) is 2.74. The average molecular weight is 277 g/mol. The topological polar surface area (TPSA) is 39.1 Å². The number of nitrogens with zero attached hydrogens (tertiary/aromatic N) is 2. The summed E-state index contributed by atoms with van der Waals surface area (Å²) in [6, 6.07) is 4.53. The van der Waals surface area contributed by atoms with Gasteiger partial charge in [0.05, 0.1) is 12.4 Å². The van der Waals surface area contributed by atoms with Gasteiger partial charge in [-0.2, -0.15) is 5.10 Å². The van der Waals surface area contributed by atoms with Gasteiger partial charge in [0, 0.05) is 24.7 Å². The summed E-state index contributed by atoms with van der Waals surface area (Å²) in [7, 11) is 1.82. The molecule has 1 N–H and O–H groups in total. The monoisotopic (exact) mass is 277 g/mol. The molecule has 0 saturated carbocycles. The molecule has 0 aliphatic carbocycles. The molecule has 0 aliphatic heterocycles. The van der Waals surface area contributed by atoms with Crippen molar-refractivity contribution < 1.29 is 9.13 Å². The molecular formula is C15H20FN3O. The van der Waals surface area contributed by atoms with Crippen molar-refractivity contribution in [1.82, 2.24) is 15.1 Å². The Hall–Kier alpha value is -1.88. The van der Waals surface area contributed by atoms with Crippen molar-refractivity contribution in [1.29, 1.82) is 0 Å². The number of ether oxygens (including phenoxy) is 1. The van der Waals surface area contributed by atoms with E-state index < -0.39 is 0 Å². The maximum absolute atomic E-state index is 13.4. The summed E-state index contributed by atoms with van der Waals surface area (Å²) in [6.07, 6.45) is 3.40. The second kappa shape index (κ2) is 5.63. The lowest BCUT2D eigenvalue weighted by Gasteiger charge is -2.21. The van der Waals surface area contributed by atoms with Gasteiger partial charge in [-0.3, -0.25) is 4.68 Å². The van der Waals surface area contributed by atoms with Gasteiger partial charge in [-0.15, -0.1) is 0 Å². The number of nitrogens with one attached hydrogen (secondary N) is 1. The Balaban J connectivity index is 2.19. The van der Waals surface area contributed by atoms with Crippen molar-refractivity contribution in [2.75, 3.05) is 0 Å². The standard InChI is InChI=1S/C15H20FN3O/c1-15(2,3)17-8-11-7-12(16)5-6-14(11)20-13-9-18-19(4)10-13/h5-7,9-10,17H,8H2,1-4H3. The van der Waals surface area contributed by atoms with Crippen LogP contribution in [-0.4, -0.2) is 15.3 Å². The van der Waals surface area contributed by atoms with E-state index in [0.29, 0.717) is 18.0 Å². The van der Waals surface area contributed by atoms with E-state index in [1.54, 1.807) is 23.1 Å². The smallest absolute Gasteiger partial charge is 0.165 e. The number of aromatic nitrogens is 2. The molecule has 108 valence electrons. The van der Waals surface area contributed by atoms with Crippen molar-refractivity contribution in [3.63, 3.8) is 0 Å². The maximum atomic E-state index is 13.4. The minimum absolute atomic E-state index is 0.0438. The van der Waals surface area contributed by atoms with E-state index in [4.69, 9.17) is 4.74 Å². The Morgan fingerprint density at radius 1 is 1.35 bits per heavy atom. The van der Waals surface area contributed by atoms with E-state index in [0.717, 1.165) is 5.56 Å². The molecular weight excluding hydrogens is 257 g/mol. The van der Waals surface area contributed by atoms with Gasteiger partial charge in [0.25, 0.3) is 0 Å². The van der Waals surface area contributed by atoms with Crippen LogP contribution in [0.4, 0.5) is 4.39 Å². The molecule has 0 aliphatic rings. The fourth-order valence-corrected chi connectivity index (χ4v) is 1.72. The second-order valence-electron chi connectivity index (χ2n) is 5.81. The molecule has 1 heterocycles. The van der Waals surface area contributed by atoms with E-state index in [1.807, 2.05) is 7.05 Å². The van der Waals surface area contributed by atoms with Crippen molar-refractivity contribution in [2.45, 2.75) is 32.9 Å². The molecule has 1 aromatic carbocycles. The predicted octanol–water partition coefficient (Wildman–Crippen LogP) is 3.24. The van der Waals surface area contributed by atoms with E-state index in [1.165, 1.54) is 12.1 Å². The summed E-state index contributed by atoms with van der Waals surface area (Å²) >= 11 is 0. The highest BCUT2D eigenvalue weighted by Gasteiger charge is 2.12. The molecule has 1 aromatic heterocycles. The van der Waals surface area contributed by atoms with Gasteiger partial charge in [-0.05, 0) is 39.0 Å². The lowest BCUT2D eigenvalue weighted by Crippen LogP contribution is -2.35. The predicted molar refractivity (Wildman–Crippen MR) is 76.3 cm³/mol. The third kappa shape index (κ3) is 4.06. The third-order valence-corrected chi connectivity index (χ3v) is 2.74. The zero-order chi connectivity index (χ0) is 14.8. The number of aryl methyl sites for hydroxylation is 1. The van der Waals surface area contributed by atoms with Crippen molar-refractivity contribution in [2.24, 2.45) is 7.05 Å². The van der Waals surface area contributed by atoms with Gasteiger partial charge in [-0.1, -0.05) is 0 Å². The molecule has 2 rings (SSSR count). The molecule has 0 fully saturated rings. The Bertz CT molecular complexity index is 587. The summed E-state index contributed by atoms with van der Waals surface area (Å²) < 4.78 is 20.8. The minimum Gasteiger partial charge on any atom is -0.454 e. The van der Waals surface area contributed by atoms with Crippen LogP contribution < -0.4 is 10.1 Å². The number of hydrogen-bond acceptors (Lipinski definition) is 3. The van der Waals surface area contributed by atoms with Crippen LogP contribution in [-0.2, 0) is 13.6 Å². The van der Waals surface area contributed by atoms with Crippen molar-refractivity contribution in [3.05, 3.63) is 42.0 Å². The van der Waals surface area contributed by atoms with E-state index in [9.17, 15) is 4.39 Å². The molecule has 0 bridgehead atoms. The summed E-state index contributed by atoms with van der Waals surface area (Å²) in [6.45, 7) is 6.73. The first kappa shape index (κ1) is 14.5. The largest absolute Gasteiger partial charge is 0.454 e. The number of halogens is 1. The Labute approximate surface area is 118 Å². The van der Waals surface area contributed by atoms with Crippen LogP contribution in [0.5, 0.6) is 11.5 Å². The van der Waals surface area contributed by atoms with Gasteiger partial charge in [-0.25, -0.2) is 4.39 Å². The maximum Gasteiger partial charge on any atom is 0.165 e. The van der Waals surface area contributed by atoms with Crippen molar-refractivity contribution >= 4 is 0 Å². The lowest BCUT2D eigenvalue weighted by atomic mass is 10.1. The van der Waals surface area contributed by atoms with Gasteiger partial charge >= 0.3 is 0 Å². The first-order valence-electron chi connectivity index (χ1n) is 6.53. The molecule has 0 amide bonds. The van der Waals surface area contributed by atoms with Crippen LogP contribution in [0.15, 0.2) is 30.6 Å². The van der Waals surface area contributed by atoms with Crippen LogP contribution in [0.1, 0.15) is 26.3 Å². The van der Waals surface area contributed by atoms with Gasteiger partial charge in [0.15, 0.2) is 5.75 Å². The highest BCUT2D eigenvalue weighted by molar-refractivity contribution is 5.37. The number of rotatable bonds is 4. The van der Waals surface area contributed by atoms with Gasteiger partial charge in [0.2, 0.25) is 0 Å². The lowest BCUT2D eigenvalue weighted by molar-refractivity contribution is 0.413. The molecule has 0 unspecified atom stereocenters. The normalized spacial score (nSPS) is 11.7. The molecule has 0 spiro atoms. The van der Waals surface area contributed by atoms with Crippen molar-refractivity contribution in [3.8, 4) is 11.5 Å². The van der Waals surface area contributed by atoms with Crippen LogP contribution in [0.25, 0.3) is 0 Å². The second-order valence-corrected chi connectivity index (χ2v) is 5.81. The molecule has 5 heteroatoms. The molecule has 4 nitrogen and oxygen atoms in total. The van der Waals surface area contributed by atoms with Gasteiger partial charge < -0.3 is 10.1 Å². The molecule has 20 heavy (non-hydrogen) atoms. The molecule has 0 saturated heterocycles. The Morgan fingerprint density at radius 3 is 2.70 bits per heavy atom. The summed E-state index contributed by atoms with van der Waals surface area (Å²) in [4.78, 5) is 0. The third-order valence-electron chi connectivity index (χ3n) is 2.74. The van der Waals surface area contributed by atoms with Gasteiger partial charge in [0.1, 0.15) is 11.6 Å². The summed E-state index contributed by atoms with van der Waals surface area (Å²) in [5, 5.41) is 7.38. The number of benzene rings is 1. The molecule has 0 atom stereocenters. The quantitative estimate of drug-likeness (QED) is 0.932. The first-order valence-corrected chi connectivity index (χ1v) is 6.53. The van der Waals surface area contributed by atoms with E-state index in [2.05, 4.69) is 31.2 Å². The van der Waals surface area contributed by atoms with E-state index in [-0.39, 0.29) is 11.4 Å². The molecule has 0 radical (unpaired) electrons. The minimum atomic E-state index is -0.269. The fourth-order valence-electron chi connectivity index (χ4n) is 1.72. The first-order chi connectivity index (χ1) is 9.33. The highest BCUT2D eigenvalue weighted by atomic mass is 19.1. The van der Waals surface area contributed by atoms with Crippen LogP contribution in [0.3, 0.4) is 0 Å². The zero-order valence-corrected chi connectivity index (χ0v) is 12.3.